The van der Waals surface area contributed by atoms with Crippen LogP contribution in [0.25, 0.3) is 5.57 Å². The fraction of sp³-hybridized carbons (Fsp3) is 0.154. The van der Waals surface area contributed by atoms with Crippen LogP contribution in [0.15, 0.2) is 43.1 Å². The van der Waals surface area contributed by atoms with E-state index >= 15 is 0 Å². The minimum absolute atomic E-state index is 0.201. The maximum absolute atomic E-state index is 11.9. The quantitative estimate of drug-likeness (QED) is 0.492. The zero-order valence-corrected chi connectivity index (χ0v) is 10.5. The lowest BCUT2D eigenvalue weighted by Gasteiger charge is -2.06. The molecule has 1 aromatic rings. The molecule has 17 heavy (non-hydrogen) atoms. The molecule has 1 rings (SSSR count). The minimum Gasteiger partial charge on any atom is -0.349 e. The molecule has 1 amide bonds. The van der Waals surface area contributed by atoms with Crippen LogP contribution in [0.3, 0.4) is 0 Å². The highest BCUT2D eigenvalue weighted by Crippen LogP contribution is 2.11. The maximum Gasteiger partial charge on any atom is 0.253 e. The van der Waals surface area contributed by atoms with Gasteiger partial charge in [-0.15, -0.1) is 6.58 Å². The van der Waals surface area contributed by atoms with Crippen molar-refractivity contribution in [2.24, 2.45) is 0 Å². The third-order valence-corrected chi connectivity index (χ3v) is 2.06. The average Bonchev–Trinajstić information content (AvgIpc) is 2.34. The summed E-state index contributed by atoms with van der Waals surface area (Å²) in [5.74, 6) is -0.201. The van der Waals surface area contributed by atoms with E-state index in [1.165, 1.54) is 0 Å². The largest absolute Gasteiger partial charge is 0.349 e. The number of allylic oxidation sites excluding steroid dienone is 1. The van der Waals surface area contributed by atoms with E-state index < -0.39 is 0 Å². The monoisotopic (exact) mass is 246 g/mol. The topological polar surface area (TPSA) is 42.0 Å². The summed E-state index contributed by atoms with van der Waals surface area (Å²) in [7, 11) is 0. The number of aromatic nitrogens is 1. The van der Waals surface area contributed by atoms with Crippen molar-refractivity contribution < 1.29 is 4.79 Å². The first-order valence-electron chi connectivity index (χ1n) is 5.18. The smallest absolute Gasteiger partial charge is 0.253 e. The first kappa shape index (κ1) is 13.3. The van der Waals surface area contributed by atoms with Gasteiger partial charge in [-0.2, -0.15) is 0 Å². The third-order valence-electron chi connectivity index (χ3n) is 1.94. The van der Waals surface area contributed by atoms with E-state index in [1.54, 1.807) is 37.4 Å². The van der Waals surface area contributed by atoms with E-state index in [0.29, 0.717) is 22.7 Å². The SMILES string of the molecule is C=CCNC(=O)C(=CC(C)=S)c1ccccn1. The molecule has 0 aromatic carbocycles. The predicted molar refractivity (Wildman–Crippen MR) is 73.7 cm³/mol. The Hall–Kier alpha value is -1.81. The molecule has 0 atom stereocenters. The molecular weight excluding hydrogens is 232 g/mol. The van der Waals surface area contributed by atoms with Gasteiger partial charge < -0.3 is 5.32 Å². The van der Waals surface area contributed by atoms with Gasteiger partial charge in [0.05, 0.1) is 11.3 Å². The molecular formula is C13H14N2OS. The molecule has 0 fully saturated rings. The van der Waals surface area contributed by atoms with E-state index in [0.717, 1.165) is 0 Å². The summed E-state index contributed by atoms with van der Waals surface area (Å²) in [5, 5.41) is 2.71. The van der Waals surface area contributed by atoms with Crippen molar-refractivity contribution in [1.29, 1.82) is 0 Å². The van der Waals surface area contributed by atoms with Crippen LogP contribution in [-0.4, -0.2) is 22.3 Å². The minimum atomic E-state index is -0.201. The van der Waals surface area contributed by atoms with Gasteiger partial charge in [-0.05, 0) is 25.1 Å². The standard InChI is InChI=1S/C13H14N2OS/c1-3-7-15-13(16)11(9-10(2)17)12-6-4-5-8-14-12/h3-6,8-9H,1,7H2,2H3,(H,15,16). The van der Waals surface area contributed by atoms with Crippen LogP contribution in [0.1, 0.15) is 12.6 Å². The molecule has 4 heteroatoms. The van der Waals surface area contributed by atoms with Crippen molar-refractivity contribution in [2.45, 2.75) is 6.92 Å². The summed E-state index contributed by atoms with van der Waals surface area (Å²) in [6, 6.07) is 5.40. The van der Waals surface area contributed by atoms with Gasteiger partial charge >= 0.3 is 0 Å². The number of carbonyl (C=O) groups excluding carboxylic acids is 1. The number of nitrogens with zero attached hydrogens (tertiary/aromatic N) is 1. The first-order chi connectivity index (χ1) is 8.15. The molecule has 0 radical (unpaired) electrons. The molecule has 0 bridgehead atoms. The molecule has 88 valence electrons. The number of amides is 1. The van der Waals surface area contributed by atoms with Gasteiger partial charge in [-0.25, -0.2) is 0 Å². The Morgan fingerprint density at radius 2 is 2.35 bits per heavy atom. The molecule has 1 heterocycles. The highest BCUT2D eigenvalue weighted by atomic mass is 32.1. The van der Waals surface area contributed by atoms with Crippen molar-refractivity contribution in [3.05, 3.63) is 48.8 Å². The second-order valence-corrected chi connectivity index (χ2v) is 4.03. The molecule has 0 saturated carbocycles. The highest BCUT2D eigenvalue weighted by molar-refractivity contribution is 7.80. The number of pyridine rings is 1. The fourth-order valence-electron chi connectivity index (χ4n) is 1.24. The summed E-state index contributed by atoms with van der Waals surface area (Å²) in [6.07, 6.45) is 4.91. The Kier molecular flexibility index (Phi) is 5.23. The molecule has 1 aromatic heterocycles. The zero-order chi connectivity index (χ0) is 12.7. The Balaban J connectivity index is 3.01. The van der Waals surface area contributed by atoms with Gasteiger partial charge in [-0.1, -0.05) is 24.4 Å². The fourth-order valence-corrected chi connectivity index (χ4v) is 1.36. The Morgan fingerprint density at radius 3 is 2.88 bits per heavy atom. The molecule has 0 aliphatic carbocycles. The molecule has 0 aliphatic rings. The van der Waals surface area contributed by atoms with Crippen LogP contribution in [0.5, 0.6) is 0 Å². The predicted octanol–water partition coefficient (Wildman–Crippen LogP) is 2.16. The van der Waals surface area contributed by atoms with Gasteiger partial charge in [0.2, 0.25) is 0 Å². The summed E-state index contributed by atoms with van der Waals surface area (Å²) < 4.78 is 0. The lowest BCUT2D eigenvalue weighted by atomic mass is 10.1. The Bertz CT molecular complexity index is 452. The second-order valence-electron chi connectivity index (χ2n) is 3.38. The first-order valence-corrected chi connectivity index (χ1v) is 5.58. The zero-order valence-electron chi connectivity index (χ0n) is 9.64. The number of hydrogen-bond acceptors (Lipinski definition) is 3. The Morgan fingerprint density at radius 1 is 1.59 bits per heavy atom. The summed E-state index contributed by atoms with van der Waals surface area (Å²) in [6.45, 7) is 5.73. The van der Waals surface area contributed by atoms with Crippen molar-refractivity contribution in [3.63, 3.8) is 0 Å². The van der Waals surface area contributed by atoms with Crippen molar-refractivity contribution >= 4 is 28.6 Å². The third kappa shape index (κ3) is 4.28. The number of nitrogens with one attached hydrogen (secondary N) is 1. The molecule has 1 N–H and O–H groups in total. The van der Waals surface area contributed by atoms with Crippen LogP contribution >= 0.6 is 12.2 Å². The van der Waals surface area contributed by atoms with Crippen LogP contribution in [0.2, 0.25) is 0 Å². The number of carbonyl (C=O) groups is 1. The van der Waals surface area contributed by atoms with Crippen molar-refractivity contribution in [3.8, 4) is 0 Å². The lowest BCUT2D eigenvalue weighted by Crippen LogP contribution is -2.25. The molecule has 3 nitrogen and oxygen atoms in total. The molecule has 0 unspecified atom stereocenters. The van der Waals surface area contributed by atoms with Gasteiger partial charge in [0.25, 0.3) is 5.91 Å². The number of thiocarbonyl (C=S) groups is 1. The van der Waals surface area contributed by atoms with Crippen LogP contribution < -0.4 is 5.32 Å². The van der Waals surface area contributed by atoms with Crippen LogP contribution in [0, 0.1) is 0 Å². The molecule has 0 spiro atoms. The highest BCUT2D eigenvalue weighted by Gasteiger charge is 2.11. The maximum atomic E-state index is 11.9. The van der Waals surface area contributed by atoms with E-state index in [9.17, 15) is 4.79 Å². The van der Waals surface area contributed by atoms with E-state index in [2.05, 4.69) is 16.9 Å². The number of hydrogen-bond donors (Lipinski definition) is 1. The molecule has 0 saturated heterocycles. The summed E-state index contributed by atoms with van der Waals surface area (Å²) in [4.78, 5) is 16.7. The van der Waals surface area contributed by atoms with Gasteiger partial charge in [0, 0.05) is 17.6 Å². The molecule has 0 aliphatic heterocycles. The summed E-state index contributed by atoms with van der Waals surface area (Å²) >= 11 is 5.00. The number of rotatable bonds is 5. The lowest BCUT2D eigenvalue weighted by molar-refractivity contribution is -0.115. The average molecular weight is 246 g/mol. The van der Waals surface area contributed by atoms with Crippen LogP contribution in [-0.2, 0) is 4.79 Å². The van der Waals surface area contributed by atoms with Crippen molar-refractivity contribution in [2.75, 3.05) is 6.54 Å². The normalized spacial score (nSPS) is 10.8. The van der Waals surface area contributed by atoms with Gasteiger partial charge in [-0.3, -0.25) is 9.78 Å². The van der Waals surface area contributed by atoms with Crippen LogP contribution in [0.4, 0.5) is 0 Å². The van der Waals surface area contributed by atoms with E-state index in [1.807, 2.05) is 6.07 Å². The van der Waals surface area contributed by atoms with Gasteiger partial charge in [0.1, 0.15) is 0 Å². The van der Waals surface area contributed by atoms with E-state index in [4.69, 9.17) is 12.2 Å². The summed E-state index contributed by atoms with van der Waals surface area (Å²) in [5.41, 5.74) is 1.08. The van der Waals surface area contributed by atoms with Gasteiger partial charge in [0.15, 0.2) is 0 Å². The van der Waals surface area contributed by atoms with E-state index in [-0.39, 0.29) is 5.91 Å². The van der Waals surface area contributed by atoms with Crippen molar-refractivity contribution in [1.82, 2.24) is 10.3 Å². The second kappa shape index (κ2) is 6.70. The Labute approximate surface area is 106 Å².